The number of aliphatic carboxylic acids is 2. The van der Waals surface area contributed by atoms with Crippen LogP contribution in [0, 0.1) is 42.4 Å². The molecule has 1 aromatic rings. The van der Waals surface area contributed by atoms with Crippen LogP contribution in [-0.2, 0) is 9.59 Å². The first-order valence-electron chi connectivity index (χ1n) is 6.33. The zero-order valence-corrected chi connectivity index (χ0v) is 13.3. The van der Waals surface area contributed by atoms with Gasteiger partial charge in [0, 0.05) is 20.3 Å². The molecule has 3 radical (unpaired) electrons. The highest BCUT2D eigenvalue weighted by molar-refractivity contribution is 6.60. The average molecular weight is 353 g/mol. The molecule has 129 valence electrons. The lowest BCUT2D eigenvalue weighted by Gasteiger charge is -2.05. The van der Waals surface area contributed by atoms with Crippen molar-refractivity contribution in [3.05, 3.63) is 29.3 Å². The van der Waals surface area contributed by atoms with Gasteiger partial charge in [0.15, 0.2) is 0 Å². The van der Waals surface area contributed by atoms with Crippen molar-refractivity contribution in [3.8, 4) is 35.5 Å². The lowest BCUT2D eigenvalue weighted by molar-refractivity contribution is -0.131. The summed E-state index contributed by atoms with van der Waals surface area (Å²) in [6, 6.07) is 4.40. The van der Waals surface area contributed by atoms with Gasteiger partial charge in [-0.2, -0.15) is 0 Å². The van der Waals surface area contributed by atoms with Crippen molar-refractivity contribution in [3.63, 3.8) is 0 Å². The van der Waals surface area contributed by atoms with Gasteiger partial charge >= 0.3 is 25.0 Å². The summed E-state index contributed by atoms with van der Waals surface area (Å²) in [6.45, 7) is 1.75. The normalized spacial score (nSPS) is 7.50. The fourth-order valence-electron chi connectivity index (χ4n) is 1.32. The van der Waals surface area contributed by atoms with Gasteiger partial charge in [-0.25, -0.2) is 14.4 Å². The van der Waals surface area contributed by atoms with Crippen molar-refractivity contribution < 1.29 is 39.8 Å². The van der Waals surface area contributed by atoms with Gasteiger partial charge < -0.3 is 25.4 Å². The molecule has 5 N–H and O–H groups in total. The summed E-state index contributed by atoms with van der Waals surface area (Å²) in [4.78, 5) is 30.2. The molecule has 0 aromatic heterocycles. The molecule has 0 bridgehead atoms. The van der Waals surface area contributed by atoms with E-state index < -0.39 is 25.0 Å². The van der Waals surface area contributed by atoms with E-state index in [9.17, 15) is 14.4 Å². The van der Waals surface area contributed by atoms with E-state index in [0.29, 0.717) is 0 Å². The second-order valence-electron chi connectivity index (χ2n) is 4.13. The second-order valence-corrected chi connectivity index (χ2v) is 4.13. The quantitative estimate of drug-likeness (QED) is 0.307. The molecule has 0 aliphatic heterocycles. The van der Waals surface area contributed by atoms with E-state index in [1.54, 1.807) is 24.8 Å². The number of aryl methyl sites for hydroxylation is 1. The molecule has 10 heteroatoms. The number of rotatable bonds is 2. The molecule has 0 spiro atoms. The van der Waals surface area contributed by atoms with Crippen molar-refractivity contribution >= 4 is 38.9 Å². The van der Waals surface area contributed by atoms with Gasteiger partial charge in [-0.1, -0.05) is 17.7 Å². The Morgan fingerprint density at radius 1 is 0.885 bits per heavy atom. The topological polar surface area (TPSA) is 152 Å². The first kappa shape index (κ1) is 24.6. The van der Waals surface area contributed by atoms with Crippen LogP contribution in [0.5, 0.6) is 0 Å². The number of hydrogen-bond acceptors (Lipinski definition) is 5. The van der Waals surface area contributed by atoms with Crippen LogP contribution in [0.25, 0.3) is 0 Å². The Bertz CT molecular complexity index is 821. The Labute approximate surface area is 151 Å². The Morgan fingerprint density at radius 2 is 1.35 bits per heavy atom. The summed E-state index contributed by atoms with van der Waals surface area (Å²) in [5.41, 5.74) is 0.723. The van der Waals surface area contributed by atoms with Gasteiger partial charge in [-0.3, -0.25) is 0 Å². The number of aromatic carboxylic acids is 1. The fourth-order valence-corrected chi connectivity index (χ4v) is 1.32. The van der Waals surface area contributed by atoms with E-state index >= 15 is 0 Å². The highest BCUT2D eigenvalue weighted by Crippen LogP contribution is 2.01. The summed E-state index contributed by atoms with van der Waals surface area (Å²) in [5.74, 6) is 7.66. The van der Waals surface area contributed by atoms with Crippen molar-refractivity contribution in [2.45, 2.75) is 6.92 Å². The third-order valence-electron chi connectivity index (χ3n) is 2.24. The Hall–Kier alpha value is -3.64. The first-order chi connectivity index (χ1) is 11.6. The third kappa shape index (κ3) is 11.0. The molecule has 0 fully saturated rings. The van der Waals surface area contributed by atoms with Gasteiger partial charge in [0.1, 0.15) is 0 Å². The third-order valence-corrected chi connectivity index (χ3v) is 2.24. The molecule has 0 amide bonds. The number of carboxylic acids is 3. The summed E-state index contributed by atoms with van der Waals surface area (Å²) >= 11 is 0. The van der Waals surface area contributed by atoms with E-state index in [2.05, 4.69) is 0 Å². The molecule has 0 atom stereocenters. The summed E-state index contributed by atoms with van der Waals surface area (Å²) in [7, 11) is -1.74. The minimum absolute atomic E-state index is 0. The molecular weight excluding hydrogens is 342 g/mol. The van der Waals surface area contributed by atoms with Gasteiger partial charge in [0.2, 0.25) is 0 Å². The zero-order chi connectivity index (χ0) is 19.4. The van der Waals surface area contributed by atoms with Crippen LogP contribution in [0.3, 0.4) is 0 Å². The van der Waals surface area contributed by atoms with Gasteiger partial charge in [-0.05, 0) is 42.1 Å². The van der Waals surface area contributed by atoms with Gasteiger partial charge in [0.05, 0.1) is 5.56 Å². The molecular formula is C16H11B2O8. The van der Waals surface area contributed by atoms with Crippen molar-refractivity contribution in [2.24, 2.45) is 0 Å². The SMILES string of the molecule is Cc1ccc(C(=O)O)c(B(O)O)c1.O=C(O)C#CC#CC#CC(=O)O.[B]. The largest absolute Gasteiger partial charge is 0.489 e. The first-order valence-corrected chi connectivity index (χ1v) is 6.33. The number of benzene rings is 1. The van der Waals surface area contributed by atoms with E-state index in [-0.39, 0.29) is 19.4 Å². The predicted molar refractivity (Wildman–Crippen MR) is 92.3 cm³/mol. The van der Waals surface area contributed by atoms with Crippen LogP contribution in [0.1, 0.15) is 15.9 Å². The molecule has 1 aromatic carbocycles. The average Bonchev–Trinajstić information content (AvgIpc) is 2.50. The molecule has 0 saturated carbocycles. The Balaban J connectivity index is 0. The summed E-state index contributed by atoms with van der Waals surface area (Å²) in [5, 5.41) is 42.4. The minimum Gasteiger partial charge on any atom is -0.478 e. The molecule has 0 unspecified atom stereocenters. The highest BCUT2D eigenvalue weighted by atomic mass is 16.4. The zero-order valence-electron chi connectivity index (χ0n) is 13.3. The van der Waals surface area contributed by atoms with Crippen LogP contribution < -0.4 is 5.46 Å². The lowest BCUT2D eigenvalue weighted by atomic mass is 9.76. The maximum absolute atomic E-state index is 10.6. The van der Waals surface area contributed by atoms with Gasteiger partial charge in [0.25, 0.3) is 0 Å². The van der Waals surface area contributed by atoms with Crippen LogP contribution in [-0.4, -0.2) is 58.8 Å². The molecule has 0 aliphatic carbocycles. The predicted octanol–water partition coefficient (Wildman–Crippen LogP) is -1.84. The van der Waals surface area contributed by atoms with Crippen molar-refractivity contribution in [1.82, 2.24) is 0 Å². The van der Waals surface area contributed by atoms with Crippen molar-refractivity contribution in [2.75, 3.05) is 0 Å². The van der Waals surface area contributed by atoms with Crippen LogP contribution in [0.2, 0.25) is 0 Å². The molecule has 8 nitrogen and oxygen atoms in total. The van der Waals surface area contributed by atoms with E-state index in [1.807, 2.05) is 23.7 Å². The highest BCUT2D eigenvalue weighted by Gasteiger charge is 2.19. The monoisotopic (exact) mass is 353 g/mol. The number of hydrogen-bond donors (Lipinski definition) is 5. The number of carboxylic acid groups (broad SMARTS) is 3. The summed E-state index contributed by atoms with van der Waals surface area (Å²) < 4.78 is 0. The maximum Gasteiger partial charge on any atom is 0.489 e. The molecule has 0 saturated heterocycles. The lowest BCUT2D eigenvalue weighted by Crippen LogP contribution is -2.34. The molecule has 26 heavy (non-hydrogen) atoms. The maximum atomic E-state index is 10.6. The van der Waals surface area contributed by atoms with Crippen LogP contribution >= 0.6 is 0 Å². The minimum atomic E-state index is -1.74. The van der Waals surface area contributed by atoms with E-state index in [1.165, 1.54) is 12.1 Å². The fraction of sp³-hybridized carbons (Fsp3) is 0.0625. The number of carbonyl (C=O) groups is 3. The van der Waals surface area contributed by atoms with E-state index in [4.69, 9.17) is 25.4 Å². The Morgan fingerprint density at radius 3 is 1.69 bits per heavy atom. The smallest absolute Gasteiger partial charge is 0.478 e. The second kappa shape index (κ2) is 12.7. The standard InChI is InChI=1S/C8H9BO4.C8H2O4.B/c1-5-2-3-6(8(10)11)7(4-5)9(12)13;9-7(10)5-3-1-2-4-6-8(11)12;/h2-4,12-13H,1H3,(H,10,11);(H,9,10)(H,11,12);. The van der Waals surface area contributed by atoms with Crippen LogP contribution in [0.4, 0.5) is 0 Å². The molecule has 0 aliphatic rings. The van der Waals surface area contributed by atoms with Crippen LogP contribution in [0.15, 0.2) is 18.2 Å². The molecule has 0 heterocycles. The van der Waals surface area contributed by atoms with Crippen molar-refractivity contribution in [1.29, 1.82) is 0 Å². The molecule has 1 rings (SSSR count). The summed E-state index contributed by atoms with van der Waals surface area (Å²) in [6.07, 6.45) is 0. The van der Waals surface area contributed by atoms with Gasteiger partial charge in [-0.15, -0.1) is 0 Å². The van der Waals surface area contributed by atoms with E-state index in [0.717, 1.165) is 5.56 Å². The Kier molecular flexibility index (Phi) is 12.1.